The minimum atomic E-state index is -1.43. The summed E-state index contributed by atoms with van der Waals surface area (Å²) < 4.78 is 32.2. The van der Waals surface area contributed by atoms with Crippen molar-refractivity contribution in [2.75, 3.05) is 60.5 Å². The summed E-state index contributed by atoms with van der Waals surface area (Å²) in [6, 6.07) is 8.71. The average Bonchev–Trinajstić information content (AvgIpc) is 3.41. The number of hydrogen-bond acceptors (Lipinski definition) is 14. The number of rotatable bonds is 10. The van der Waals surface area contributed by atoms with E-state index in [4.69, 9.17) is 23.7 Å². The number of carbonyl (C=O) groups is 4. The first-order chi connectivity index (χ1) is 29.8. The predicted molar refractivity (Wildman–Crippen MR) is 239 cm³/mol. The molecule has 2 aromatic rings. The van der Waals surface area contributed by atoms with Crippen LogP contribution in [0, 0.1) is 23.7 Å². The van der Waals surface area contributed by atoms with E-state index in [0.29, 0.717) is 13.0 Å². The summed E-state index contributed by atoms with van der Waals surface area (Å²) in [5, 5.41) is 15.7. The van der Waals surface area contributed by atoms with Gasteiger partial charge in [-0.1, -0.05) is 51.1 Å². The molecule has 0 spiro atoms. The number of alkyl carbamates (subject to hydrolysis) is 1. The van der Waals surface area contributed by atoms with Crippen LogP contribution in [0.25, 0.3) is 17.0 Å². The van der Waals surface area contributed by atoms with E-state index >= 15 is 4.79 Å². The van der Waals surface area contributed by atoms with Gasteiger partial charge in [0, 0.05) is 49.1 Å². The Morgan fingerprint density at radius 1 is 1.03 bits per heavy atom. The summed E-state index contributed by atoms with van der Waals surface area (Å²) in [7, 11) is 5.85. The van der Waals surface area contributed by atoms with E-state index < -0.39 is 83.4 Å². The van der Waals surface area contributed by atoms with Crippen LogP contribution in [0.4, 0.5) is 4.79 Å². The van der Waals surface area contributed by atoms with Crippen molar-refractivity contribution in [1.82, 2.24) is 25.0 Å². The van der Waals surface area contributed by atoms with Crippen molar-refractivity contribution in [2.24, 2.45) is 23.7 Å². The van der Waals surface area contributed by atoms with Crippen molar-refractivity contribution >= 4 is 40.6 Å². The second kappa shape index (κ2) is 20.6. The number of fused-ring (bicyclic) bond motifs is 2. The van der Waals surface area contributed by atoms with Gasteiger partial charge < -0.3 is 48.8 Å². The lowest BCUT2D eigenvalue weighted by atomic mass is 9.73. The van der Waals surface area contributed by atoms with E-state index in [1.54, 1.807) is 20.0 Å². The number of nitrogens with one attached hydrogen (secondary N) is 1. The topological polar surface area (TPSA) is 169 Å². The Balaban J connectivity index is 1.43. The van der Waals surface area contributed by atoms with Crippen molar-refractivity contribution < 1.29 is 48.0 Å². The van der Waals surface area contributed by atoms with Crippen molar-refractivity contribution in [3.8, 4) is 0 Å². The number of ether oxygens (including phenoxy) is 5. The Morgan fingerprint density at radius 3 is 2.51 bits per heavy atom. The lowest BCUT2D eigenvalue weighted by Crippen LogP contribution is -2.61. The van der Waals surface area contributed by atoms with Gasteiger partial charge >= 0.3 is 12.1 Å². The molecule has 0 aliphatic carbocycles. The number of pyridine rings is 1. The van der Waals surface area contributed by atoms with Crippen LogP contribution in [0.5, 0.6) is 0 Å². The molecule has 1 amide bonds. The molecule has 0 unspecified atom stereocenters. The maximum absolute atomic E-state index is 15.4. The van der Waals surface area contributed by atoms with E-state index in [1.807, 2.05) is 89.2 Å². The largest absolute Gasteiger partial charge is 0.458 e. The van der Waals surface area contributed by atoms with Crippen molar-refractivity contribution in [1.29, 1.82) is 0 Å². The number of aromatic nitrogens is 1. The number of ketones is 2. The molecule has 4 aliphatic rings. The molecule has 15 heteroatoms. The zero-order valence-corrected chi connectivity index (χ0v) is 39.0. The molecule has 1 aromatic heterocycles. The fourth-order valence-corrected chi connectivity index (χ4v) is 10.3. The second-order valence-corrected chi connectivity index (χ2v) is 19.1. The molecular weight excluding hydrogens is 807 g/mol. The van der Waals surface area contributed by atoms with Gasteiger partial charge in [0.25, 0.3) is 0 Å². The number of esters is 1. The number of cyclic esters (lactones) is 1. The van der Waals surface area contributed by atoms with Gasteiger partial charge in [0.1, 0.15) is 23.9 Å². The SMILES string of the molecule is CC[C@H]1OC(=O)[C@H](C)C(=O)[C@H](C)[C@@H](O[C@@H]2O[C@H](C)C[C@H](N(C)C)[C@H]2O)[C@@](C)(OC/C=C/c2cnc3ccccc3c2)C[C@@H](C)C(=O)[C@H](CN2CCCN(C)CC2)[C@H]2NC(=O)O[C@@]21C. The number of aliphatic hydroxyl groups excluding tert-OH is 1. The molecule has 5 heterocycles. The van der Waals surface area contributed by atoms with Gasteiger partial charge in [-0.2, -0.15) is 0 Å². The third-order valence-electron chi connectivity index (χ3n) is 14.0. The zero-order valence-electron chi connectivity index (χ0n) is 39.0. The first kappa shape index (κ1) is 48.6. The summed E-state index contributed by atoms with van der Waals surface area (Å²) in [4.78, 5) is 68.6. The zero-order chi connectivity index (χ0) is 45.8. The molecule has 348 valence electrons. The van der Waals surface area contributed by atoms with Gasteiger partial charge in [0.15, 0.2) is 17.7 Å². The quantitative estimate of drug-likeness (QED) is 0.248. The lowest BCUT2D eigenvalue weighted by molar-refractivity contribution is -0.296. The number of nitrogens with zero attached hydrogens (tertiary/aromatic N) is 4. The van der Waals surface area contributed by atoms with Gasteiger partial charge in [-0.15, -0.1) is 0 Å². The fraction of sp³-hybridized carbons (Fsp3) is 0.688. The molecule has 2 N–H and O–H groups in total. The maximum Gasteiger partial charge on any atom is 0.408 e. The van der Waals surface area contributed by atoms with Gasteiger partial charge in [-0.05, 0) is 105 Å². The highest BCUT2D eigenvalue weighted by Crippen LogP contribution is 2.41. The molecule has 13 atom stereocenters. The number of likely N-dealkylation sites (N-methyl/N-ethyl adjacent to an activating group) is 2. The van der Waals surface area contributed by atoms with Crippen LogP contribution < -0.4 is 5.32 Å². The minimum absolute atomic E-state index is 0.0565. The molecule has 4 fully saturated rings. The number of para-hydroxylation sites is 1. The Morgan fingerprint density at radius 2 is 1.78 bits per heavy atom. The third-order valence-corrected chi connectivity index (χ3v) is 14.0. The number of benzene rings is 1. The number of hydrogen-bond donors (Lipinski definition) is 2. The molecule has 15 nitrogen and oxygen atoms in total. The van der Waals surface area contributed by atoms with Crippen LogP contribution in [-0.4, -0.2) is 163 Å². The van der Waals surface area contributed by atoms with Gasteiger partial charge in [-0.3, -0.25) is 19.4 Å². The molecule has 1 aromatic carbocycles. The first-order valence-corrected chi connectivity index (χ1v) is 22.8. The first-order valence-electron chi connectivity index (χ1n) is 22.8. The van der Waals surface area contributed by atoms with E-state index in [0.717, 1.165) is 49.1 Å². The average molecular weight is 878 g/mol. The standard InChI is InChI=1S/C48H71N5O10/c1-11-38-48(7)42(50-46(58)63-48)35(28-53-20-15-19-52(10)21-22-53)39(54)29(2)26-47(6,59-23-14-16-33-25-34-17-12-13-18-36(34)49-27-33)43(31(4)40(55)32(5)44(57)61-38)62-45-41(56)37(51(8)9)24-30(3)60-45/h12-14,16-18,25,27,29-32,35,37-38,41-43,45,56H,11,15,19-24,26,28H2,1-10H3,(H,50,58)/b16-14+/t29-,30-,31+,32-,35+,37+,38-,41-,42-,43-,45+,47+,48-/m1/s1. The van der Waals surface area contributed by atoms with E-state index in [1.165, 1.54) is 6.92 Å². The third kappa shape index (κ3) is 11.0. The highest BCUT2D eigenvalue weighted by molar-refractivity contribution is 6.00. The minimum Gasteiger partial charge on any atom is -0.458 e. The summed E-state index contributed by atoms with van der Waals surface area (Å²) >= 11 is 0. The Hall–Kier alpha value is -3.83. The van der Waals surface area contributed by atoms with Crippen LogP contribution >= 0.6 is 0 Å². The summed E-state index contributed by atoms with van der Waals surface area (Å²) in [5.41, 5.74) is -1.07. The van der Waals surface area contributed by atoms with E-state index in [-0.39, 0.29) is 37.4 Å². The normalized spacial score (nSPS) is 37.0. The maximum atomic E-state index is 15.4. The molecule has 0 bridgehead atoms. The molecule has 4 saturated heterocycles. The molecule has 0 radical (unpaired) electrons. The molecule has 63 heavy (non-hydrogen) atoms. The highest BCUT2D eigenvalue weighted by Gasteiger charge is 2.58. The van der Waals surface area contributed by atoms with Crippen molar-refractivity contribution in [3.63, 3.8) is 0 Å². The molecular formula is C48H71N5O10. The van der Waals surface area contributed by atoms with Crippen molar-refractivity contribution in [2.45, 2.75) is 128 Å². The Kier molecular flexibility index (Phi) is 15.9. The molecule has 4 aliphatic heterocycles. The van der Waals surface area contributed by atoms with Crippen LogP contribution in [0.3, 0.4) is 0 Å². The Bertz CT molecular complexity index is 1960. The molecule has 0 saturated carbocycles. The number of Topliss-reactive ketones (excluding diaryl/α,β-unsaturated/α-hetero) is 2. The van der Waals surface area contributed by atoms with Gasteiger partial charge in [-0.25, -0.2) is 4.79 Å². The second-order valence-electron chi connectivity index (χ2n) is 19.1. The van der Waals surface area contributed by atoms with Crippen LogP contribution in [0.2, 0.25) is 0 Å². The number of carbonyl (C=O) groups excluding carboxylic acids is 4. The summed E-state index contributed by atoms with van der Waals surface area (Å²) in [6.07, 6.45) is 2.01. The predicted octanol–water partition coefficient (Wildman–Crippen LogP) is 4.73. The van der Waals surface area contributed by atoms with Crippen LogP contribution in [0.15, 0.2) is 42.6 Å². The summed E-state index contributed by atoms with van der Waals surface area (Å²) in [5.74, 6) is -5.14. The summed E-state index contributed by atoms with van der Waals surface area (Å²) in [6.45, 7) is 15.9. The van der Waals surface area contributed by atoms with Crippen molar-refractivity contribution in [3.05, 3.63) is 48.2 Å². The number of amides is 1. The monoisotopic (exact) mass is 878 g/mol. The van der Waals surface area contributed by atoms with Crippen LogP contribution in [-0.2, 0) is 38.1 Å². The van der Waals surface area contributed by atoms with Gasteiger partial charge in [0.05, 0.1) is 41.9 Å². The fourth-order valence-electron chi connectivity index (χ4n) is 10.3. The van der Waals surface area contributed by atoms with E-state index in [2.05, 4.69) is 27.1 Å². The molecule has 6 rings (SSSR count). The lowest BCUT2D eigenvalue weighted by Gasteiger charge is -2.47. The Labute approximate surface area is 373 Å². The highest BCUT2D eigenvalue weighted by atomic mass is 16.7. The number of aliphatic hydroxyl groups is 1. The smallest absolute Gasteiger partial charge is 0.408 e. The van der Waals surface area contributed by atoms with Crippen LogP contribution in [0.1, 0.15) is 79.7 Å². The van der Waals surface area contributed by atoms with E-state index in [9.17, 15) is 19.5 Å². The van der Waals surface area contributed by atoms with Gasteiger partial charge in [0.2, 0.25) is 0 Å².